The van der Waals surface area contributed by atoms with Crippen LogP contribution in [0, 0.1) is 0 Å². The summed E-state index contributed by atoms with van der Waals surface area (Å²) in [4.78, 5) is 0. The first-order valence-corrected chi connectivity index (χ1v) is 17.0. The zero-order chi connectivity index (χ0) is 25.9. The van der Waals surface area contributed by atoms with Crippen LogP contribution in [0.25, 0.3) is 0 Å². The van der Waals surface area contributed by atoms with Crippen LogP contribution in [-0.4, -0.2) is 24.2 Å². The summed E-state index contributed by atoms with van der Waals surface area (Å²) in [7, 11) is 5.76. The Labute approximate surface area is 247 Å². The zero-order valence-electron chi connectivity index (χ0n) is 22.4. The van der Waals surface area contributed by atoms with Gasteiger partial charge in [-0.3, -0.25) is 0 Å². The van der Waals surface area contributed by atoms with Crippen molar-refractivity contribution in [1.29, 1.82) is 0 Å². The molecule has 8 heteroatoms. The molecule has 36 heavy (non-hydrogen) atoms. The first-order chi connectivity index (χ1) is 16.6. The Bertz CT molecular complexity index is 790. The van der Waals surface area contributed by atoms with E-state index in [4.69, 9.17) is 23.2 Å². The van der Waals surface area contributed by atoms with Crippen molar-refractivity contribution in [3.63, 3.8) is 0 Å². The molecule has 0 aliphatic carbocycles. The van der Waals surface area contributed by atoms with Crippen molar-refractivity contribution in [1.82, 2.24) is 10.6 Å². The van der Waals surface area contributed by atoms with Crippen LogP contribution >= 0.6 is 67.0 Å². The Morgan fingerprint density at radius 3 is 1.31 bits per heavy atom. The average molecular weight is 610 g/mol. The molecule has 2 rings (SSSR count). The summed E-state index contributed by atoms with van der Waals surface area (Å²) in [5.74, 6) is 0. The lowest BCUT2D eigenvalue weighted by atomic mass is 9.94. The van der Waals surface area contributed by atoms with Crippen LogP contribution in [0.15, 0.2) is 48.5 Å². The van der Waals surface area contributed by atoms with E-state index in [9.17, 15) is 0 Å². The van der Waals surface area contributed by atoms with Crippen molar-refractivity contribution >= 4 is 67.0 Å². The largest absolute Gasteiger partial charge is 0.310 e. The van der Waals surface area contributed by atoms with Crippen molar-refractivity contribution in [3.8, 4) is 0 Å². The molecule has 0 aromatic heterocycles. The molecule has 0 saturated carbocycles. The molecule has 2 nitrogen and oxygen atoms in total. The first kappa shape index (κ1) is 34.3. The SMILES string of the molecule is CCCCNC(C)(C)C(SSSC(c1ccc(Cl)cc1)C(C)(C)NCCCC)c1ccc(Cl)cc1.Cl. The lowest BCUT2D eigenvalue weighted by Gasteiger charge is -2.37. The predicted octanol–water partition coefficient (Wildman–Crippen LogP) is 10.6. The van der Waals surface area contributed by atoms with E-state index in [1.54, 1.807) is 0 Å². The highest BCUT2D eigenvalue weighted by Crippen LogP contribution is 2.55. The second-order valence-corrected chi connectivity index (χ2v) is 15.3. The minimum absolute atomic E-state index is 0. The number of hydrogen-bond acceptors (Lipinski definition) is 5. The topological polar surface area (TPSA) is 24.1 Å². The third-order valence-electron chi connectivity index (χ3n) is 6.15. The van der Waals surface area contributed by atoms with Crippen LogP contribution < -0.4 is 10.6 Å². The molecule has 0 aliphatic heterocycles. The van der Waals surface area contributed by atoms with E-state index in [2.05, 4.69) is 76.4 Å². The van der Waals surface area contributed by atoms with Gasteiger partial charge in [0.25, 0.3) is 0 Å². The quantitative estimate of drug-likeness (QED) is 0.146. The highest BCUT2D eigenvalue weighted by molar-refractivity contribution is 9.09. The number of halogens is 3. The first-order valence-electron chi connectivity index (χ1n) is 12.6. The van der Waals surface area contributed by atoms with Gasteiger partial charge in [-0.2, -0.15) is 0 Å². The fourth-order valence-corrected chi connectivity index (χ4v) is 10.1. The standard InChI is InChI=1S/C28H42Cl2N2S3.ClH/c1-7-9-19-31-27(3,4)25(21-11-15-23(29)16-12-21)33-35-34-26(22-13-17-24(30)18-14-22)28(5,6)32-20-10-8-2;/h11-18,25-26,31-32H,7-10,19-20H2,1-6H3;1H. The van der Waals surface area contributed by atoms with Gasteiger partial charge in [-0.05, 0) is 98.8 Å². The molecule has 0 fully saturated rings. The zero-order valence-corrected chi connectivity index (χ0v) is 27.2. The normalized spacial score (nSPS) is 13.8. The Morgan fingerprint density at radius 2 is 1.00 bits per heavy atom. The van der Waals surface area contributed by atoms with Crippen LogP contribution in [0.5, 0.6) is 0 Å². The maximum absolute atomic E-state index is 6.21. The maximum atomic E-state index is 6.21. The Hall–Kier alpha value is 0.280. The van der Waals surface area contributed by atoms with Crippen molar-refractivity contribution in [2.75, 3.05) is 13.1 Å². The van der Waals surface area contributed by atoms with E-state index in [0.717, 1.165) is 23.1 Å². The van der Waals surface area contributed by atoms with Crippen LogP contribution in [0.4, 0.5) is 0 Å². The summed E-state index contributed by atoms with van der Waals surface area (Å²) in [6.45, 7) is 15.8. The highest BCUT2D eigenvalue weighted by Gasteiger charge is 2.34. The van der Waals surface area contributed by atoms with Crippen molar-refractivity contribution in [2.45, 2.75) is 88.8 Å². The summed E-state index contributed by atoms with van der Waals surface area (Å²) in [6.07, 6.45) is 4.74. The van der Waals surface area contributed by atoms with E-state index in [-0.39, 0.29) is 34.0 Å². The van der Waals surface area contributed by atoms with Crippen LogP contribution in [-0.2, 0) is 0 Å². The summed E-state index contributed by atoms with van der Waals surface area (Å²) in [6, 6.07) is 16.7. The highest BCUT2D eigenvalue weighted by atomic mass is 35.5. The second kappa shape index (κ2) is 17.1. The van der Waals surface area contributed by atoms with Gasteiger partial charge in [0.2, 0.25) is 0 Å². The smallest absolute Gasteiger partial charge is 0.0585 e. The molecule has 0 bridgehead atoms. The predicted molar refractivity (Wildman–Crippen MR) is 172 cm³/mol. The molecule has 0 saturated heterocycles. The van der Waals surface area contributed by atoms with E-state index >= 15 is 0 Å². The number of rotatable bonds is 16. The molecule has 0 spiro atoms. The third-order valence-corrected chi connectivity index (χ3v) is 12.0. The number of nitrogens with one attached hydrogen (secondary N) is 2. The molecule has 2 atom stereocenters. The van der Waals surface area contributed by atoms with Gasteiger partial charge >= 0.3 is 0 Å². The summed E-state index contributed by atoms with van der Waals surface area (Å²) in [5.41, 5.74) is 2.47. The summed E-state index contributed by atoms with van der Waals surface area (Å²) < 4.78 is 0. The molecule has 2 unspecified atom stereocenters. The maximum Gasteiger partial charge on any atom is 0.0585 e. The van der Waals surface area contributed by atoms with Gasteiger partial charge in [-0.25, -0.2) is 0 Å². The van der Waals surface area contributed by atoms with Crippen LogP contribution in [0.3, 0.4) is 0 Å². The Morgan fingerprint density at radius 1 is 0.667 bits per heavy atom. The molecule has 204 valence electrons. The van der Waals surface area contributed by atoms with Crippen molar-refractivity contribution in [2.24, 2.45) is 0 Å². The number of benzene rings is 2. The minimum Gasteiger partial charge on any atom is -0.310 e. The van der Waals surface area contributed by atoms with E-state index in [1.807, 2.05) is 55.7 Å². The average Bonchev–Trinajstić information content (AvgIpc) is 2.81. The fourth-order valence-electron chi connectivity index (χ4n) is 3.92. The van der Waals surface area contributed by atoms with Gasteiger partial charge in [-0.15, -0.1) is 12.4 Å². The molecular formula is C28H43Cl3N2S3. The fraction of sp³-hybridized carbons (Fsp3) is 0.571. The van der Waals surface area contributed by atoms with Gasteiger partial charge in [0.15, 0.2) is 0 Å². The lowest BCUT2D eigenvalue weighted by Crippen LogP contribution is -2.44. The lowest BCUT2D eigenvalue weighted by molar-refractivity contribution is 0.377. The van der Waals surface area contributed by atoms with Crippen molar-refractivity contribution in [3.05, 3.63) is 69.7 Å². The number of unbranched alkanes of at least 4 members (excludes halogenated alkanes) is 2. The molecule has 2 N–H and O–H groups in total. The molecule has 0 aliphatic rings. The van der Waals surface area contributed by atoms with Gasteiger partial charge in [0.1, 0.15) is 0 Å². The van der Waals surface area contributed by atoms with E-state index < -0.39 is 0 Å². The minimum atomic E-state index is -0.0636. The Kier molecular flexibility index (Phi) is 16.3. The third kappa shape index (κ3) is 11.2. The number of hydrogen-bond donors (Lipinski definition) is 2. The van der Waals surface area contributed by atoms with Gasteiger partial charge in [0.05, 0.1) is 10.5 Å². The molecule has 2 aromatic rings. The summed E-state index contributed by atoms with van der Waals surface area (Å²) in [5, 5.41) is 9.72. The molecule has 0 heterocycles. The van der Waals surface area contributed by atoms with Gasteiger partial charge < -0.3 is 10.6 Å². The van der Waals surface area contributed by atoms with Crippen LogP contribution in [0.1, 0.15) is 88.9 Å². The molecule has 0 amide bonds. The monoisotopic (exact) mass is 608 g/mol. The van der Waals surface area contributed by atoms with Gasteiger partial charge in [-0.1, -0.05) is 95.7 Å². The van der Waals surface area contributed by atoms with Crippen molar-refractivity contribution < 1.29 is 0 Å². The second-order valence-electron chi connectivity index (χ2n) is 10.1. The molecule has 2 aromatic carbocycles. The van der Waals surface area contributed by atoms with Gasteiger partial charge in [0, 0.05) is 21.1 Å². The molecule has 0 radical (unpaired) electrons. The van der Waals surface area contributed by atoms with E-state index in [0.29, 0.717) is 0 Å². The Balaban J connectivity index is 0.00000648. The molecular weight excluding hydrogens is 567 g/mol. The van der Waals surface area contributed by atoms with Crippen LogP contribution in [0.2, 0.25) is 10.0 Å². The van der Waals surface area contributed by atoms with E-state index in [1.165, 1.54) is 36.8 Å². The summed E-state index contributed by atoms with van der Waals surface area (Å²) >= 11 is 12.4.